The van der Waals surface area contributed by atoms with Crippen LogP contribution in [0.25, 0.3) is 0 Å². The average Bonchev–Trinajstić information content (AvgIpc) is 2.35. The van der Waals surface area contributed by atoms with Crippen LogP contribution in [-0.4, -0.2) is 30.3 Å². The second-order valence-corrected chi connectivity index (χ2v) is 3.93. The van der Waals surface area contributed by atoms with E-state index in [0.717, 1.165) is 0 Å². The van der Waals surface area contributed by atoms with Gasteiger partial charge in [0.1, 0.15) is 0 Å². The molecule has 1 aromatic carbocycles. The van der Waals surface area contributed by atoms with Crippen molar-refractivity contribution >= 4 is 5.78 Å². The summed E-state index contributed by atoms with van der Waals surface area (Å²) in [5.41, 5.74) is 0.587. The highest BCUT2D eigenvalue weighted by Gasteiger charge is 2.27. The maximum Gasteiger partial charge on any atom is 0.219 e. The van der Waals surface area contributed by atoms with Crippen LogP contribution in [0.3, 0.4) is 0 Å². The molecule has 0 spiro atoms. The fourth-order valence-corrected chi connectivity index (χ4v) is 1.71. The first kappa shape index (κ1) is 13.3. The third-order valence-electron chi connectivity index (χ3n) is 2.79. The fourth-order valence-electron chi connectivity index (χ4n) is 1.71. The molecule has 0 radical (unpaired) electrons. The molecule has 2 atom stereocenters. The van der Waals surface area contributed by atoms with E-state index >= 15 is 0 Å². The van der Waals surface area contributed by atoms with Crippen molar-refractivity contribution in [2.45, 2.75) is 13.0 Å². The van der Waals surface area contributed by atoms with Gasteiger partial charge in [0.25, 0.3) is 0 Å². The molecular formula is C12H16N2O3. The van der Waals surface area contributed by atoms with Crippen molar-refractivity contribution in [3.05, 3.63) is 46.0 Å². The molecule has 0 aliphatic rings. The molecule has 0 amide bonds. The SMILES string of the molecule is CNC(C[N+](=O)[O-])C(C)C(=O)c1ccccc1. The Hall–Kier alpha value is -1.75. The van der Waals surface area contributed by atoms with Crippen molar-refractivity contribution in [1.82, 2.24) is 5.32 Å². The van der Waals surface area contributed by atoms with Crippen molar-refractivity contribution < 1.29 is 9.72 Å². The van der Waals surface area contributed by atoms with E-state index in [1.807, 2.05) is 6.07 Å². The lowest BCUT2D eigenvalue weighted by atomic mass is 9.92. The van der Waals surface area contributed by atoms with Crippen LogP contribution in [-0.2, 0) is 0 Å². The zero-order valence-corrected chi connectivity index (χ0v) is 9.92. The van der Waals surface area contributed by atoms with E-state index in [0.29, 0.717) is 5.56 Å². The zero-order chi connectivity index (χ0) is 12.8. The number of likely N-dealkylation sites (N-methyl/N-ethyl adjacent to an activating group) is 1. The molecule has 0 fully saturated rings. The van der Waals surface area contributed by atoms with Crippen LogP contribution in [0.1, 0.15) is 17.3 Å². The molecule has 1 aromatic rings. The molecule has 5 heteroatoms. The van der Waals surface area contributed by atoms with Gasteiger partial charge in [-0.3, -0.25) is 14.9 Å². The van der Waals surface area contributed by atoms with E-state index in [9.17, 15) is 14.9 Å². The average molecular weight is 236 g/mol. The van der Waals surface area contributed by atoms with Gasteiger partial charge in [-0.15, -0.1) is 0 Å². The van der Waals surface area contributed by atoms with Gasteiger partial charge in [0.15, 0.2) is 5.78 Å². The predicted molar refractivity (Wildman–Crippen MR) is 64.6 cm³/mol. The van der Waals surface area contributed by atoms with Gasteiger partial charge in [-0.05, 0) is 7.05 Å². The summed E-state index contributed by atoms with van der Waals surface area (Å²) in [6.07, 6.45) is 0. The highest BCUT2D eigenvalue weighted by molar-refractivity contribution is 5.98. The minimum Gasteiger partial charge on any atom is -0.311 e. The van der Waals surface area contributed by atoms with Crippen LogP contribution in [0.4, 0.5) is 0 Å². The van der Waals surface area contributed by atoms with Crippen molar-refractivity contribution in [2.75, 3.05) is 13.6 Å². The molecule has 0 aromatic heterocycles. The summed E-state index contributed by atoms with van der Waals surface area (Å²) in [6.45, 7) is 1.45. The van der Waals surface area contributed by atoms with E-state index in [4.69, 9.17) is 0 Å². The van der Waals surface area contributed by atoms with Crippen molar-refractivity contribution in [2.24, 2.45) is 5.92 Å². The Bertz CT molecular complexity index is 392. The molecule has 1 N–H and O–H groups in total. The number of hydrogen-bond acceptors (Lipinski definition) is 4. The highest BCUT2D eigenvalue weighted by Crippen LogP contribution is 2.12. The van der Waals surface area contributed by atoms with Crippen LogP contribution >= 0.6 is 0 Å². The quantitative estimate of drug-likeness (QED) is 0.460. The molecule has 0 saturated carbocycles. The third-order valence-corrected chi connectivity index (χ3v) is 2.79. The van der Waals surface area contributed by atoms with E-state index in [2.05, 4.69) is 5.32 Å². The normalized spacial score (nSPS) is 14.0. The van der Waals surface area contributed by atoms with Crippen LogP contribution in [0.15, 0.2) is 30.3 Å². The van der Waals surface area contributed by atoms with E-state index < -0.39 is 16.9 Å². The van der Waals surface area contributed by atoms with Gasteiger partial charge < -0.3 is 5.32 Å². The molecular weight excluding hydrogens is 220 g/mol. The van der Waals surface area contributed by atoms with Crippen molar-refractivity contribution in [3.63, 3.8) is 0 Å². The molecule has 0 heterocycles. The number of nitrogens with zero attached hydrogens (tertiary/aromatic N) is 1. The van der Waals surface area contributed by atoms with Crippen molar-refractivity contribution in [3.8, 4) is 0 Å². The van der Waals surface area contributed by atoms with Crippen LogP contribution in [0.2, 0.25) is 0 Å². The number of carbonyl (C=O) groups excluding carboxylic acids is 1. The van der Waals surface area contributed by atoms with Gasteiger partial charge in [-0.2, -0.15) is 0 Å². The van der Waals surface area contributed by atoms with Gasteiger partial charge >= 0.3 is 0 Å². The maximum absolute atomic E-state index is 12.1. The second-order valence-electron chi connectivity index (χ2n) is 3.93. The lowest BCUT2D eigenvalue weighted by molar-refractivity contribution is -0.484. The number of nitrogens with one attached hydrogen (secondary N) is 1. The van der Waals surface area contributed by atoms with Gasteiger partial charge in [0.05, 0.1) is 6.04 Å². The smallest absolute Gasteiger partial charge is 0.219 e. The largest absolute Gasteiger partial charge is 0.311 e. The molecule has 1 rings (SSSR count). The minimum atomic E-state index is -0.447. The molecule has 0 saturated heterocycles. The van der Waals surface area contributed by atoms with E-state index in [-0.39, 0.29) is 12.3 Å². The topological polar surface area (TPSA) is 72.2 Å². The predicted octanol–water partition coefficient (Wildman–Crippen LogP) is 1.37. The lowest BCUT2D eigenvalue weighted by Gasteiger charge is -2.18. The molecule has 2 unspecified atom stereocenters. The van der Waals surface area contributed by atoms with Crippen LogP contribution < -0.4 is 5.32 Å². The third kappa shape index (κ3) is 3.64. The summed E-state index contributed by atoms with van der Waals surface area (Å²) in [4.78, 5) is 22.1. The molecule has 92 valence electrons. The number of rotatable bonds is 6. The summed E-state index contributed by atoms with van der Waals surface area (Å²) in [5, 5.41) is 13.3. The Morgan fingerprint density at radius 1 is 1.41 bits per heavy atom. The van der Waals surface area contributed by atoms with Crippen molar-refractivity contribution in [1.29, 1.82) is 0 Å². The summed E-state index contributed by atoms with van der Waals surface area (Å²) in [7, 11) is 1.63. The first-order chi connectivity index (χ1) is 8.06. The Balaban J connectivity index is 2.77. The maximum atomic E-state index is 12.1. The first-order valence-electron chi connectivity index (χ1n) is 5.44. The molecule has 0 aliphatic carbocycles. The Kier molecular flexibility index (Phi) is 4.78. The first-order valence-corrected chi connectivity index (χ1v) is 5.44. The zero-order valence-electron chi connectivity index (χ0n) is 9.92. The van der Waals surface area contributed by atoms with Gasteiger partial charge in [-0.1, -0.05) is 37.3 Å². The molecule has 5 nitrogen and oxygen atoms in total. The molecule has 0 aliphatic heterocycles. The summed E-state index contributed by atoms with van der Waals surface area (Å²) in [6, 6.07) is 8.38. The number of ketones is 1. The van der Waals surface area contributed by atoms with Crippen LogP contribution in [0, 0.1) is 16.0 Å². The van der Waals surface area contributed by atoms with Gasteiger partial charge in [0, 0.05) is 16.4 Å². The molecule has 0 bridgehead atoms. The second kappa shape index (κ2) is 6.10. The lowest BCUT2D eigenvalue weighted by Crippen LogP contribution is -2.41. The number of carbonyl (C=O) groups is 1. The Labute approximate surface area is 100.0 Å². The fraction of sp³-hybridized carbons (Fsp3) is 0.417. The molecule has 17 heavy (non-hydrogen) atoms. The monoisotopic (exact) mass is 236 g/mol. The number of nitro groups is 1. The number of Topliss-reactive ketones (excluding diaryl/α,β-unsaturated/α-hetero) is 1. The highest BCUT2D eigenvalue weighted by atomic mass is 16.6. The van der Waals surface area contributed by atoms with Crippen LogP contribution in [0.5, 0.6) is 0 Å². The van der Waals surface area contributed by atoms with E-state index in [1.54, 1.807) is 38.2 Å². The van der Waals surface area contributed by atoms with E-state index in [1.165, 1.54) is 0 Å². The number of benzene rings is 1. The minimum absolute atomic E-state index is 0.0770. The summed E-state index contributed by atoms with van der Waals surface area (Å²) >= 11 is 0. The summed E-state index contributed by atoms with van der Waals surface area (Å²) in [5.74, 6) is -0.500. The standard InChI is InChI=1S/C12H16N2O3/c1-9(11(13-2)8-14(16)17)12(15)10-6-4-3-5-7-10/h3-7,9,11,13H,8H2,1-2H3. The number of hydrogen-bond donors (Lipinski definition) is 1. The van der Waals surface area contributed by atoms with Gasteiger partial charge in [0.2, 0.25) is 6.54 Å². The Morgan fingerprint density at radius 2 is 2.00 bits per heavy atom. The summed E-state index contributed by atoms with van der Waals surface area (Å²) < 4.78 is 0. The Morgan fingerprint density at radius 3 is 2.47 bits per heavy atom. The van der Waals surface area contributed by atoms with Gasteiger partial charge in [-0.25, -0.2) is 0 Å².